The number of benzene rings is 2. The third-order valence-corrected chi connectivity index (χ3v) is 10.3. The molecular weight excluding hydrogens is 763 g/mol. The third-order valence-electron chi connectivity index (χ3n) is 8.07. The second-order valence-electron chi connectivity index (χ2n) is 14.3. The smallest absolute Gasteiger partial charge is 0.408 e. The monoisotopic (exact) mass is 811 g/mol. The van der Waals surface area contributed by atoms with Gasteiger partial charge in [-0.2, -0.15) is 0 Å². The molecule has 1 aliphatic heterocycles. The molecule has 56 heavy (non-hydrogen) atoms. The van der Waals surface area contributed by atoms with E-state index < -0.39 is 66.0 Å². The summed E-state index contributed by atoms with van der Waals surface area (Å²) in [6, 6.07) is 11.0. The number of aromatic nitrogens is 1. The van der Waals surface area contributed by atoms with Crippen LogP contribution in [0.4, 0.5) is 10.5 Å². The number of fused-ring (bicyclic) bond motifs is 1. The van der Waals surface area contributed by atoms with Crippen LogP contribution in [0.25, 0.3) is 10.2 Å². The van der Waals surface area contributed by atoms with Crippen LogP contribution in [0.1, 0.15) is 63.4 Å². The minimum atomic E-state index is -1.24. The number of hydrogen-bond acceptors (Lipinski definition) is 13. The van der Waals surface area contributed by atoms with Crippen LogP contribution in [-0.4, -0.2) is 112 Å². The second-order valence-corrected chi connectivity index (χ2v) is 16.4. The molecule has 0 saturated heterocycles. The maximum atomic E-state index is 13.7. The van der Waals surface area contributed by atoms with Gasteiger partial charge in [-0.3, -0.25) is 24.2 Å². The number of carboxylic acid groups (broad SMARTS) is 1. The molecule has 0 spiro atoms. The van der Waals surface area contributed by atoms with Gasteiger partial charge in [0.2, 0.25) is 17.7 Å². The minimum Gasteiger partial charge on any atom is -0.480 e. The first kappa shape index (κ1) is 43.7. The molecule has 1 aliphatic rings. The molecule has 0 fully saturated rings. The minimum absolute atomic E-state index is 0.0466. The number of alkyl carbamates (subject to hydrolysis) is 1. The van der Waals surface area contributed by atoms with Crippen molar-refractivity contribution in [1.29, 1.82) is 0 Å². The van der Waals surface area contributed by atoms with Crippen LogP contribution in [0.2, 0.25) is 0 Å². The number of thioether (sulfide) groups is 1. The second kappa shape index (κ2) is 20.7. The third kappa shape index (κ3) is 14.5. The number of aliphatic imine (C=N–C) groups is 1. The average Bonchev–Trinajstić information content (AvgIpc) is 3.80. The highest BCUT2D eigenvalue weighted by atomic mass is 32.2. The summed E-state index contributed by atoms with van der Waals surface area (Å²) in [5, 5.41) is 21.0. The highest BCUT2D eigenvalue weighted by Gasteiger charge is 2.30. The fourth-order valence-electron chi connectivity index (χ4n) is 5.36. The summed E-state index contributed by atoms with van der Waals surface area (Å²) < 4.78 is 11.5. The number of thiazole rings is 1. The van der Waals surface area contributed by atoms with E-state index in [4.69, 9.17) is 9.47 Å². The van der Waals surface area contributed by atoms with Crippen LogP contribution in [-0.2, 0) is 40.1 Å². The van der Waals surface area contributed by atoms with Gasteiger partial charge in [-0.15, -0.1) is 23.1 Å². The molecule has 1 aromatic heterocycles. The fraction of sp³-hybridized carbons (Fsp3) is 0.474. The number of nitrogens with zero attached hydrogens (tertiary/aromatic N) is 3. The SMILES string of the molecule is CN(C)CCCCC(NC(=O)C(CCC(=O)OC(C)(C)C)NC(=O)OCc1ccccc1)C(=O)NCC(=O)Nc1ccc2nc(C3=NC(C(=O)O)CS3)sc2c1. The molecule has 4 amide bonds. The van der Waals surface area contributed by atoms with Gasteiger partial charge >= 0.3 is 18.0 Å². The number of carbonyl (C=O) groups excluding carboxylic acids is 5. The number of nitrogens with one attached hydrogen (secondary N) is 4. The number of hydrogen-bond donors (Lipinski definition) is 5. The molecule has 3 aromatic rings. The number of ether oxygens (including phenoxy) is 2. The van der Waals surface area contributed by atoms with Gasteiger partial charge in [-0.25, -0.2) is 14.6 Å². The van der Waals surface area contributed by atoms with Crippen molar-refractivity contribution in [2.75, 3.05) is 38.3 Å². The summed E-state index contributed by atoms with van der Waals surface area (Å²) in [5.41, 5.74) is 1.10. The molecule has 5 N–H and O–H groups in total. The first-order chi connectivity index (χ1) is 26.6. The van der Waals surface area contributed by atoms with Crippen molar-refractivity contribution in [3.63, 3.8) is 0 Å². The van der Waals surface area contributed by atoms with Crippen LogP contribution in [0.5, 0.6) is 0 Å². The summed E-state index contributed by atoms with van der Waals surface area (Å²) in [6.07, 6.45) is 0.337. The van der Waals surface area contributed by atoms with Crippen molar-refractivity contribution < 1.29 is 43.3 Å². The number of aliphatic carboxylic acids is 1. The lowest BCUT2D eigenvalue weighted by atomic mass is 10.1. The Morgan fingerprint density at radius 3 is 2.38 bits per heavy atom. The predicted molar refractivity (Wildman–Crippen MR) is 215 cm³/mol. The Morgan fingerprint density at radius 2 is 1.70 bits per heavy atom. The van der Waals surface area contributed by atoms with E-state index in [9.17, 15) is 33.9 Å². The van der Waals surface area contributed by atoms with E-state index >= 15 is 0 Å². The Labute approximate surface area is 333 Å². The number of carbonyl (C=O) groups is 6. The fourth-order valence-corrected chi connectivity index (χ4v) is 7.46. The van der Waals surface area contributed by atoms with E-state index in [0.717, 1.165) is 23.2 Å². The molecule has 0 bridgehead atoms. The first-order valence-corrected chi connectivity index (χ1v) is 19.9. The molecular formula is C38H49N7O9S2. The highest BCUT2D eigenvalue weighted by molar-refractivity contribution is 8.15. The lowest BCUT2D eigenvalue weighted by Gasteiger charge is -2.24. The summed E-state index contributed by atoms with van der Waals surface area (Å²) in [5.74, 6) is -3.04. The van der Waals surface area contributed by atoms with Crippen molar-refractivity contribution >= 4 is 79.8 Å². The van der Waals surface area contributed by atoms with Gasteiger partial charge in [0.1, 0.15) is 34.3 Å². The molecule has 16 nitrogen and oxygen atoms in total. The molecule has 18 heteroatoms. The standard InChI is InChI=1S/C38H49N7O9S2/c1-38(2,3)54-31(47)17-16-27(44-37(52)53-21-23-11-7-6-8-12-23)33(49)41-26(13-9-10-18-45(4)5)32(48)39-20-30(46)40-24-14-15-25-29(19-24)56-35(42-25)34-43-28(22-55-34)36(50)51/h6-8,11-12,14-15,19,26-28H,9-10,13,16-18,20-22H2,1-5H3,(H,39,48)(H,40,46)(H,41,49)(H,44,52)(H,50,51). The average molecular weight is 812 g/mol. The summed E-state index contributed by atoms with van der Waals surface area (Å²) in [7, 11) is 3.85. The van der Waals surface area contributed by atoms with E-state index in [1.165, 1.54) is 23.1 Å². The van der Waals surface area contributed by atoms with Gasteiger partial charge < -0.3 is 40.7 Å². The first-order valence-electron chi connectivity index (χ1n) is 18.1. The molecule has 2 heterocycles. The van der Waals surface area contributed by atoms with Crippen molar-refractivity contribution in [2.24, 2.45) is 4.99 Å². The summed E-state index contributed by atoms with van der Waals surface area (Å²) in [4.78, 5) is 87.6. The number of carboxylic acids is 1. The lowest BCUT2D eigenvalue weighted by molar-refractivity contribution is -0.155. The highest BCUT2D eigenvalue weighted by Crippen LogP contribution is 2.31. The van der Waals surface area contributed by atoms with Gasteiger partial charge in [0, 0.05) is 17.9 Å². The number of anilines is 1. The largest absolute Gasteiger partial charge is 0.480 e. The zero-order chi connectivity index (χ0) is 40.8. The van der Waals surface area contributed by atoms with Crippen molar-refractivity contribution in [3.05, 3.63) is 59.1 Å². The maximum absolute atomic E-state index is 13.7. The number of unbranched alkanes of at least 4 members (excludes halogenated alkanes) is 1. The topological polar surface area (TPSA) is 218 Å². The predicted octanol–water partition coefficient (Wildman–Crippen LogP) is 3.93. The lowest BCUT2D eigenvalue weighted by Crippen LogP contribution is -2.54. The van der Waals surface area contributed by atoms with Crippen LogP contribution in [0, 0.1) is 0 Å². The molecule has 0 saturated carbocycles. The van der Waals surface area contributed by atoms with E-state index in [-0.39, 0.29) is 25.9 Å². The quantitative estimate of drug-likeness (QED) is 0.0860. The number of amides is 4. The molecule has 4 rings (SSSR count). The van der Waals surface area contributed by atoms with Gasteiger partial charge in [-0.1, -0.05) is 30.3 Å². The van der Waals surface area contributed by atoms with Gasteiger partial charge in [0.05, 0.1) is 16.8 Å². The van der Waals surface area contributed by atoms with Crippen molar-refractivity contribution in [2.45, 2.75) is 83.2 Å². The van der Waals surface area contributed by atoms with Gasteiger partial charge in [0.15, 0.2) is 6.04 Å². The molecule has 3 unspecified atom stereocenters. The van der Waals surface area contributed by atoms with Gasteiger partial charge in [0.25, 0.3) is 0 Å². The molecule has 302 valence electrons. The molecule has 2 aromatic carbocycles. The van der Waals surface area contributed by atoms with Crippen LogP contribution in [0.15, 0.2) is 53.5 Å². The van der Waals surface area contributed by atoms with Gasteiger partial charge in [-0.05, 0) is 90.9 Å². The Morgan fingerprint density at radius 1 is 0.964 bits per heavy atom. The molecule has 0 radical (unpaired) electrons. The Balaban J connectivity index is 1.39. The van der Waals surface area contributed by atoms with E-state index in [2.05, 4.69) is 31.2 Å². The molecule has 0 aliphatic carbocycles. The van der Waals surface area contributed by atoms with E-state index in [1.54, 1.807) is 63.2 Å². The summed E-state index contributed by atoms with van der Waals surface area (Å²) >= 11 is 2.65. The van der Waals surface area contributed by atoms with Crippen molar-refractivity contribution in [3.8, 4) is 0 Å². The van der Waals surface area contributed by atoms with E-state index in [0.29, 0.717) is 33.4 Å². The van der Waals surface area contributed by atoms with E-state index in [1.807, 2.05) is 25.1 Å². The zero-order valence-corrected chi connectivity index (χ0v) is 33.7. The zero-order valence-electron chi connectivity index (χ0n) is 32.1. The Bertz CT molecular complexity index is 1900. The Hall–Kier alpha value is -5.07. The van der Waals surface area contributed by atoms with Crippen LogP contribution in [0.3, 0.4) is 0 Å². The normalized spacial score (nSPS) is 15.0. The maximum Gasteiger partial charge on any atom is 0.408 e. The molecule has 3 atom stereocenters. The van der Waals surface area contributed by atoms with Crippen LogP contribution >= 0.6 is 23.1 Å². The Kier molecular flexibility index (Phi) is 16.2. The van der Waals surface area contributed by atoms with Crippen LogP contribution < -0.4 is 21.3 Å². The van der Waals surface area contributed by atoms with Crippen molar-refractivity contribution in [1.82, 2.24) is 25.8 Å². The number of esters is 1. The summed E-state index contributed by atoms with van der Waals surface area (Å²) in [6.45, 7) is 5.46. The number of rotatable bonds is 19.